The molecule has 7 heteroatoms. The summed E-state index contributed by atoms with van der Waals surface area (Å²) in [6, 6.07) is 8.75. The zero-order chi connectivity index (χ0) is 18.8. The van der Waals surface area contributed by atoms with E-state index in [1.807, 2.05) is 0 Å². The fourth-order valence-electron chi connectivity index (χ4n) is 3.73. The Hall–Kier alpha value is -2.87. The molecular weight excluding hydrogens is 340 g/mol. The maximum absolute atomic E-state index is 12.8. The Balaban J connectivity index is 1.99. The number of aliphatic carboxylic acids is 1. The highest BCUT2D eigenvalue weighted by atomic mass is 16.4. The van der Waals surface area contributed by atoms with E-state index in [0.29, 0.717) is 0 Å². The molecule has 0 spiro atoms. The van der Waals surface area contributed by atoms with Gasteiger partial charge in [0.2, 0.25) is 5.60 Å². The van der Waals surface area contributed by atoms with Crippen molar-refractivity contribution in [1.29, 1.82) is 0 Å². The van der Waals surface area contributed by atoms with Gasteiger partial charge >= 0.3 is 5.97 Å². The molecule has 0 radical (unpaired) electrons. The maximum atomic E-state index is 12.8. The van der Waals surface area contributed by atoms with Crippen LogP contribution in [-0.4, -0.2) is 50.2 Å². The SMILES string of the molecule is O=C1c2ccccc2C(=O)c2cc3c(cc21)CC(O)C(O)C3(O)C(=O)O. The van der Waals surface area contributed by atoms with Crippen molar-refractivity contribution in [2.45, 2.75) is 24.2 Å². The van der Waals surface area contributed by atoms with Crippen molar-refractivity contribution >= 4 is 17.5 Å². The number of aliphatic hydroxyl groups excluding tert-OH is 2. The number of hydrogen-bond donors (Lipinski definition) is 4. The molecule has 2 aromatic rings. The topological polar surface area (TPSA) is 132 Å². The van der Waals surface area contributed by atoms with E-state index in [4.69, 9.17) is 0 Å². The highest BCUT2D eigenvalue weighted by Crippen LogP contribution is 2.39. The lowest BCUT2D eigenvalue weighted by molar-refractivity contribution is -0.187. The summed E-state index contributed by atoms with van der Waals surface area (Å²) in [6.07, 6.45) is -3.64. The number of carboxylic acids is 1. The van der Waals surface area contributed by atoms with E-state index in [-0.39, 0.29) is 39.8 Å². The summed E-state index contributed by atoms with van der Waals surface area (Å²) >= 11 is 0. The number of carbonyl (C=O) groups is 3. The zero-order valence-corrected chi connectivity index (χ0v) is 13.3. The molecular formula is C19H14O7. The Bertz CT molecular complexity index is 993. The molecule has 26 heavy (non-hydrogen) atoms. The molecule has 7 nitrogen and oxygen atoms in total. The number of carbonyl (C=O) groups excluding carboxylic acids is 2. The van der Waals surface area contributed by atoms with Crippen LogP contribution in [0.4, 0.5) is 0 Å². The van der Waals surface area contributed by atoms with Gasteiger partial charge in [-0.15, -0.1) is 0 Å². The van der Waals surface area contributed by atoms with Crippen molar-refractivity contribution in [3.8, 4) is 0 Å². The molecule has 0 saturated carbocycles. The van der Waals surface area contributed by atoms with Crippen LogP contribution in [0.1, 0.15) is 43.0 Å². The smallest absolute Gasteiger partial charge is 0.343 e. The van der Waals surface area contributed by atoms with Gasteiger partial charge in [-0.3, -0.25) is 9.59 Å². The van der Waals surface area contributed by atoms with Crippen LogP contribution >= 0.6 is 0 Å². The second kappa shape index (κ2) is 5.31. The van der Waals surface area contributed by atoms with Gasteiger partial charge in [0, 0.05) is 34.2 Å². The Morgan fingerprint density at radius 1 is 0.962 bits per heavy atom. The number of benzene rings is 2. The molecule has 132 valence electrons. The Morgan fingerprint density at radius 3 is 2.04 bits per heavy atom. The van der Waals surface area contributed by atoms with Gasteiger partial charge in [0.15, 0.2) is 11.6 Å². The largest absolute Gasteiger partial charge is 0.479 e. The van der Waals surface area contributed by atoms with Crippen molar-refractivity contribution in [2.75, 3.05) is 0 Å². The van der Waals surface area contributed by atoms with Crippen LogP contribution in [0.5, 0.6) is 0 Å². The van der Waals surface area contributed by atoms with Gasteiger partial charge in [-0.05, 0) is 17.7 Å². The van der Waals surface area contributed by atoms with E-state index in [0.717, 1.165) is 6.07 Å². The number of carboxylic acid groups (broad SMARTS) is 1. The molecule has 0 saturated heterocycles. The number of ketones is 2. The molecule has 0 aromatic heterocycles. The lowest BCUT2D eigenvalue weighted by Crippen LogP contribution is -2.56. The van der Waals surface area contributed by atoms with Crippen molar-refractivity contribution in [3.63, 3.8) is 0 Å². The molecule has 4 N–H and O–H groups in total. The van der Waals surface area contributed by atoms with E-state index in [2.05, 4.69) is 0 Å². The van der Waals surface area contributed by atoms with Crippen LogP contribution < -0.4 is 0 Å². The third-order valence-corrected chi connectivity index (χ3v) is 5.11. The molecule has 4 rings (SSSR count). The predicted molar refractivity (Wildman–Crippen MR) is 87.0 cm³/mol. The summed E-state index contributed by atoms with van der Waals surface area (Å²) in [6.45, 7) is 0. The highest BCUT2D eigenvalue weighted by molar-refractivity contribution is 6.28. The van der Waals surface area contributed by atoms with Crippen LogP contribution in [0.2, 0.25) is 0 Å². The summed E-state index contributed by atoms with van der Waals surface area (Å²) in [7, 11) is 0. The van der Waals surface area contributed by atoms with Crippen LogP contribution in [0.3, 0.4) is 0 Å². The molecule has 2 aliphatic rings. The monoisotopic (exact) mass is 354 g/mol. The van der Waals surface area contributed by atoms with Crippen molar-refractivity contribution in [2.24, 2.45) is 0 Å². The number of aliphatic hydroxyl groups is 3. The standard InChI is InChI=1S/C19H14O7/c20-14-6-8-5-11-12(7-13(8)19(26,17(14)23)18(24)25)16(22)10-4-2-1-3-9(10)15(11)21/h1-5,7,14,17,20,23,26H,6H2,(H,24,25). The fourth-order valence-corrected chi connectivity index (χ4v) is 3.73. The third-order valence-electron chi connectivity index (χ3n) is 5.11. The summed E-state index contributed by atoms with van der Waals surface area (Å²) in [5.41, 5.74) is -2.27. The Morgan fingerprint density at radius 2 is 1.50 bits per heavy atom. The minimum absolute atomic E-state index is 0.0317. The average Bonchev–Trinajstić information content (AvgIpc) is 2.63. The minimum Gasteiger partial charge on any atom is -0.479 e. The van der Waals surface area contributed by atoms with Gasteiger partial charge in [0.1, 0.15) is 6.10 Å². The molecule has 0 fully saturated rings. The predicted octanol–water partition coefficient (Wildman–Crippen LogP) is 0.0121. The van der Waals surface area contributed by atoms with E-state index in [1.165, 1.54) is 18.2 Å². The van der Waals surface area contributed by atoms with E-state index >= 15 is 0 Å². The molecule has 3 unspecified atom stereocenters. The van der Waals surface area contributed by atoms with Gasteiger partial charge in [-0.25, -0.2) is 4.79 Å². The first-order valence-corrected chi connectivity index (χ1v) is 7.94. The van der Waals surface area contributed by atoms with Crippen molar-refractivity contribution in [3.05, 3.63) is 69.8 Å². The van der Waals surface area contributed by atoms with E-state index < -0.39 is 35.3 Å². The van der Waals surface area contributed by atoms with Crippen molar-refractivity contribution < 1.29 is 34.8 Å². The molecule has 0 bridgehead atoms. The summed E-state index contributed by atoms with van der Waals surface area (Å²) in [4.78, 5) is 37.1. The quantitative estimate of drug-likeness (QED) is 0.484. The van der Waals surface area contributed by atoms with Gasteiger partial charge in [0.25, 0.3) is 0 Å². The average molecular weight is 354 g/mol. The third kappa shape index (κ3) is 1.96. The lowest BCUT2D eigenvalue weighted by atomic mass is 9.72. The second-order valence-electron chi connectivity index (χ2n) is 6.55. The lowest BCUT2D eigenvalue weighted by Gasteiger charge is -2.38. The molecule has 2 aromatic carbocycles. The molecule has 0 heterocycles. The van der Waals surface area contributed by atoms with Crippen molar-refractivity contribution in [1.82, 2.24) is 0 Å². The number of hydrogen-bond acceptors (Lipinski definition) is 6. The Kier molecular flexibility index (Phi) is 3.39. The number of rotatable bonds is 1. The van der Waals surface area contributed by atoms with Crippen LogP contribution in [0.25, 0.3) is 0 Å². The summed E-state index contributed by atoms with van der Waals surface area (Å²) in [5, 5.41) is 40.0. The van der Waals surface area contributed by atoms with Gasteiger partial charge < -0.3 is 20.4 Å². The molecule has 3 atom stereocenters. The number of fused-ring (bicyclic) bond motifs is 3. The first-order chi connectivity index (χ1) is 12.3. The van der Waals surface area contributed by atoms with E-state index in [9.17, 15) is 34.8 Å². The van der Waals surface area contributed by atoms with Crippen LogP contribution in [0.15, 0.2) is 36.4 Å². The fraction of sp³-hybridized carbons (Fsp3) is 0.211. The van der Waals surface area contributed by atoms with Gasteiger partial charge in [0.05, 0.1) is 6.10 Å². The molecule has 0 aliphatic heterocycles. The Labute approximate surface area is 147 Å². The summed E-state index contributed by atoms with van der Waals surface area (Å²) < 4.78 is 0. The van der Waals surface area contributed by atoms with Gasteiger partial charge in [-0.2, -0.15) is 0 Å². The highest BCUT2D eigenvalue weighted by Gasteiger charge is 2.53. The normalized spacial score (nSPS) is 26.7. The summed E-state index contributed by atoms with van der Waals surface area (Å²) in [5.74, 6) is -2.61. The zero-order valence-electron chi connectivity index (χ0n) is 13.3. The van der Waals surface area contributed by atoms with Gasteiger partial charge in [-0.1, -0.05) is 24.3 Å². The van der Waals surface area contributed by atoms with Crippen LogP contribution in [0, 0.1) is 0 Å². The molecule has 0 amide bonds. The maximum Gasteiger partial charge on any atom is 0.343 e. The van der Waals surface area contributed by atoms with Crippen LogP contribution in [-0.2, 0) is 16.8 Å². The van der Waals surface area contributed by atoms with E-state index in [1.54, 1.807) is 12.1 Å². The first kappa shape index (κ1) is 16.6. The first-order valence-electron chi connectivity index (χ1n) is 7.94. The second-order valence-corrected chi connectivity index (χ2v) is 6.55. The molecule has 2 aliphatic carbocycles. The minimum atomic E-state index is -2.78.